The first-order valence-corrected chi connectivity index (χ1v) is 13.7. The molecular formula is C29H33Cl2N3O3. The number of hydrogen-bond donors (Lipinski definition) is 1. The van der Waals surface area contributed by atoms with E-state index in [1.807, 2.05) is 41.3 Å². The predicted molar refractivity (Wildman–Crippen MR) is 148 cm³/mol. The van der Waals surface area contributed by atoms with E-state index in [-0.39, 0.29) is 18.4 Å². The summed E-state index contributed by atoms with van der Waals surface area (Å²) in [6.07, 6.45) is 5.51. The van der Waals surface area contributed by atoms with Gasteiger partial charge in [0.15, 0.2) is 0 Å². The third kappa shape index (κ3) is 5.73. The number of hydrogen-bond acceptors (Lipinski definition) is 5. The van der Waals surface area contributed by atoms with Gasteiger partial charge in [-0.2, -0.15) is 0 Å². The molecule has 2 atom stereocenters. The van der Waals surface area contributed by atoms with E-state index in [4.69, 9.17) is 27.9 Å². The molecule has 0 saturated carbocycles. The summed E-state index contributed by atoms with van der Waals surface area (Å²) in [6.45, 7) is 3.53. The summed E-state index contributed by atoms with van der Waals surface area (Å²) in [5, 5.41) is 12.2. The van der Waals surface area contributed by atoms with Gasteiger partial charge in [0.25, 0.3) is 5.91 Å². The fraction of sp³-hybridized carbons (Fsp3) is 0.448. The van der Waals surface area contributed by atoms with Crippen molar-refractivity contribution in [3.63, 3.8) is 0 Å². The lowest BCUT2D eigenvalue weighted by Crippen LogP contribution is -2.52. The average molecular weight is 543 g/mol. The normalized spacial score (nSPS) is 21.4. The number of nitrogens with zero attached hydrogens (tertiary/aromatic N) is 3. The summed E-state index contributed by atoms with van der Waals surface area (Å²) in [6, 6.07) is 13.7. The van der Waals surface area contributed by atoms with Gasteiger partial charge in [0.1, 0.15) is 5.75 Å². The predicted octanol–water partition coefficient (Wildman–Crippen LogP) is 5.33. The molecule has 1 aromatic heterocycles. The molecule has 0 radical (unpaired) electrons. The largest absolute Gasteiger partial charge is 0.497 e. The number of pyridine rings is 1. The fourth-order valence-electron chi connectivity index (χ4n) is 5.93. The number of halogens is 2. The van der Waals surface area contributed by atoms with Crippen LogP contribution in [0.25, 0.3) is 10.9 Å². The molecule has 0 aliphatic carbocycles. The maximum atomic E-state index is 13.4. The summed E-state index contributed by atoms with van der Waals surface area (Å²) in [7, 11) is 1.63. The van der Waals surface area contributed by atoms with E-state index < -0.39 is 0 Å². The summed E-state index contributed by atoms with van der Waals surface area (Å²) < 4.78 is 5.37. The number of fused-ring (bicyclic) bond motifs is 1. The Balaban J connectivity index is 1.19. The molecule has 3 aromatic rings. The van der Waals surface area contributed by atoms with Crippen molar-refractivity contribution in [2.75, 3.05) is 39.9 Å². The molecule has 37 heavy (non-hydrogen) atoms. The number of ether oxygens (including phenoxy) is 1. The van der Waals surface area contributed by atoms with Gasteiger partial charge in [0, 0.05) is 43.9 Å². The Kier molecular flexibility index (Phi) is 8.20. The van der Waals surface area contributed by atoms with Gasteiger partial charge >= 0.3 is 0 Å². The van der Waals surface area contributed by atoms with Crippen LogP contribution in [-0.4, -0.2) is 71.7 Å². The molecule has 1 N–H and O–H groups in total. The first-order valence-electron chi connectivity index (χ1n) is 13.0. The van der Waals surface area contributed by atoms with Gasteiger partial charge in [-0.05, 0) is 86.0 Å². The van der Waals surface area contributed by atoms with E-state index >= 15 is 0 Å². The SMILES string of the molecule is COc1ccc2nccc(C(=O)N3CCC(N4CCC(Cc5ccc(Cl)c(Cl)c5)[C@H](CO)C4)CC3)c2c1. The number of methoxy groups -OCH3 is 1. The van der Waals surface area contributed by atoms with E-state index in [1.165, 1.54) is 5.56 Å². The van der Waals surface area contributed by atoms with Gasteiger partial charge in [-0.25, -0.2) is 0 Å². The number of benzene rings is 2. The number of carbonyl (C=O) groups excluding carboxylic acids is 1. The van der Waals surface area contributed by atoms with E-state index in [0.29, 0.717) is 33.3 Å². The summed E-state index contributed by atoms with van der Waals surface area (Å²) in [5.74, 6) is 1.40. The molecule has 2 aliphatic rings. The molecule has 196 valence electrons. The second-order valence-electron chi connectivity index (χ2n) is 10.2. The third-order valence-corrected chi connectivity index (χ3v) is 8.83. The summed E-state index contributed by atoms with van der Waals surface area (Å²) in [4.78, 5) is 22.3. The van der Waals surface area contributed by atoms with Gasteiger partial charge in [0.2, 0.25) is 0 Å². The Labute approximate surface area is 228 Å². The van der Waals surface area contributed by atoms with Crippen molar-refractivity contribution in [3.05, 3.63) is 69.8 Å². The van der Waals surface area contributed by atoms with Crippen LogP contribution in [0.2, 0.25) is 10.0 Å². The number of likely N-dealkylation sites (tertiary alicyclic amines) is 2. The minimum absolute atomic E-state index is 0.0488. The lowest BCUT2D eigenvalue weighted by molar-refractivity contribution is 0.0242. The van der Waals surface area contributed by atoms with Gasteiger partial charge in [-0.3, -0.25) is 14.7 Å². The monoisotopic (exact) mass is 541 g/mol. The highest BCUT2D eigenvalue weighted by Gasteiger charge is 2.34. The molecule has 8 heteroatoms. The highest BCUT2D eigenvalue weighted by atomic mass is 35.5. The van der Waals surface area contributed by atoms with Crippen LogP contribution in [0.5, 0.6) is 5.75 Å². The van der Waals surface area contributed by atoms with Crippen LogP contribution in [-0.2, 0) is 6.42 Å². The molecule has 5 rings (SSSR count). The average Bonchev–Trinajstić information content (AvgIpc) is 2.94. The van der Waals surface area contributed by atoms with Crippen molar-refractivity contribution >= 4 is 40.0 Å². The Bertz CT molecular complexity index is 1260. The van der Waals surface area contributed by atoms with Crippen molar-refractivity contribution < 1.29 is 14.6 Å². The van der Waals surface area contributed by atoms with E-state index in [9.17, 15) is 9.90 Å². The highest BCUT2D eigenvalue weighted by molar-refractivity contribution is 6.42. The second-order valence-corrected chi connectivity index (χ2v) is 11.0. The number of aromatic nitrogens is 1. The zero-order valence-corrected chi connectivity index (χ0v) is 22.6. The lowest BCUT2D eigenvalue weighted by Gasteiger charge is -2.44. The standard InChI is InChI=1S/C29H33Cl2N3O3/c1-37-23-3-5-28-25(16-23)24(6-10-32-28)29(36)33-12-8-22(9-13-33)34-11-7-20(21(17-34)18-35)14-19-2-4-26(30)27(31)15-19/h2-6,10,15-16,20-22,35H,7-9,11-14,17-18H2,1H3/t20?,21-/m0/s1. The van der Waals surface area contributed by atoms with Crippen molar-refractivity contribution in [3.8, 4) is 5.75 Å². The molecule has 0 spiro atoms. The molecule has 2 aliphatic heterocycles. The van der Waals surface area contributed by atoms with Crippen LogP contribution < -0.4 is 4.74 Å². The van der Waals surface area contributed by atoms with Gasteiger partial charge in [-0.15, -0.1) is 0 Å². The van der Waals surface area contributed by atoms with E-state index in [0.717, 1.165) is 62.8 Å². The topological polar surface area (TPSA) is 65.9 Å². The molecule has 2 aromatic carbocycles. The fourth-order valence-corrected chi connectivity index (χ4v) is 6.25. The van der Waals surface area contributed by atoms with Crippen LogP contribution in [0, 0.1) is 11.8 Å². The molecule has 0 bridgehead atoms. The Morgan fingerprint density at radius 3 is 2.57 bits per heavy atom. The van der Waals surface area contributed by atoms with Crippen LogP contribution in [0.3, 0.4) is 0 Å². The quantitative estimate of drug-likeness (QED) is 0.457. The number of aliphatic hydroxyl groups is 1. The molecule has 3 heterocycles. The van der Waals surface area contributed by atoms with Crippen LogP contribution in [0.15, 0.2) is 48.7 Å². The van der Waals surface area contributed by atoms with Gasteiger partial charge in [-0.1, -0.05) is 29.3 Å². The summed E-state index contributed by atoms with van der Waals surface area (Å²) in [5.41, 5.74) is 2.63. The van der Waals surface area contributed by atoms with Crippen molar-refractivity contribution in [1.29, 1.82) is 0 Å². The minimum atomic E-state index is 0.0488. The van der Waals surface area contributed by atoms with Gasteiger partial charge < -0.3 is 14.7 Å². The Morgan fingerprint density at radius 2 is 1.84 bits per heavy atom. The zero-order valence-electron chi connectivity index (χ0n) is 21.1. The van der Waals surface area contributed by atoms with Crippen LogP contribution in [0.1, 0.15) is 35.2 Å². The van der Waals surface area contributed by atoms with Crippen LogP contribution in [0.4, 0.5) is 0 Å². The number of piperidine rings is 2. The molecule has 6 nitrogen and oxygen atoms in total. The number of amides is 1. The maximum absolute atomic E-state index is 13.4. The Morgan fingerprint density at radius 1 is 1.03 bits per heavy atom. The third-order valence-electron chi connectivity index (χ3n) is 8.09. The second kappa shape index (κ2) is 11.6. The molecule has 1 amide bonds. The molecule has 1 unspecified atom stereocenters. The molecular weight excluding hydrogens is 509 g/mol. The number of carbonyl (C=O) groups is 1. The first-order chi connectivity index (χ1) is 18.0. The molecule has 2 saturated heterocycles. The minimum Gasteiger partial charge on any atom is -0.497 e. The number of aliphatic hydroxyl groups excluding tert-OH is 1. The molecule has 2 fully saturated rings. The lowest BCUT2D eigenvalue weighted by atomic mass is 9.80. The van der Waals surface area contributed by atoms with Gasteiger partial charge in [0.05, 0.1) is 28.2 Å². The first kappa shape index (κ1) is 26.2. The smallest absolute Gasteiger partial charge is 0.254 e. The van der Waals surface area contributed by atoms with Crippen molar-refractivity contribution in [2.24, 2.45) is 11.8 Å². The number of rotatable bonds is 6. The van der Waals surface area contributed by atoms with E-state index in [1.54, 1.807) is 19.4 Å². The summed E-state index contributed by atoms with van der Waals surface area (Å²) >= 11 is 12.3. The zero-order chi connectivity index (χ0) is 25.9. The maximum Gasteiger partial charge on any atom is 0.254 e. The Hall–Kier alpha value is -2.38. The van der Waals surface area contributed by atoms with Crippen molar-refractivity contribution in [1.82, 2.24) is 14.8 Å². The highest BCUT2D eigenvalue weighted by Crippen LogP contribution is 2.32. The van der Waals surface area contributed by atoms with Crippen molar-refractivity contribution in [2.45, 2.75) is 31.7 Å². The van der Waals surface area contributed by atoms with E-state index in [2.05, 4.69) is 9.88 Å². The van der Waals surface area contributed by atoms with Crippen LogP contribution >= 0.6 is 23.2 Å².